The number of rotatable bonds is 12. The van der Waals surface area contributed by atoms with E-state index in [9.17, 15) is 0 Å². The zero-order valence-corrected chi connectivity index (χ0v) is 11.7. The number of halogens is 1. The number of hydrogen-bond acceptors (Lipinski definition) is 2. The molecule has 0 aliphatic carbocycles. The third kappa shape index (κ3) is 14.4. The summed E-state index contributed by atoms with van der Waals surface area (Å²) in [6, 6.07) is 0. The van der Waals surface area contributed by atoms with E-state index in [0.29, 0.717) is 0 Å². The summed E-state index contributed by atoms with van der Waals surface area (Å²) in [5, 5.41) is 4.55. The summed E-state index contributed by atoms with van der Waals surface area (Å²) in [7, 11) is 0. The number of alkyl halides is 1. The van der Waals surface area contributed by atoms with Crippen LogP contribution in [0.1, 0.15) is 45.4 Å². The smallest absolute Gasteiger partial charge is 0.0590 e. The van der Waals surface area contributed by atoms with Gasteiger partial charge in [-0.25, -0.2) is 0 Å². The van der Waals surface area contributed by atoms with Crippen molar-refractivity contribution in [3.63, 3.8) is 0 Å². The highest BCUT2D eigenvalue weighted by molar-refractivity contribution is 9.09. The maximum Gasteiger partial charge on any atom is 0.0590 e. The van der Waals surface area contributed by atoms with Crippen molar-refractivity contribution in [3.05, 3.63) is 0 Å². The van der Waals surface area contributed by atoms with Crippen molar-refractivity contribution in [2.75, 3.05) is 31.6 Å². The first-order chi connectivity index (χ1) is 7.41. The molecule has 0 amide bonds. The summed E-state index contributed by atoms with van der Waals surface area (Å²) >= 11 is 3.44. The predicted octanol–water partition coefficient (Wildman–Crippen LogP) is 3.35. The fraction of sp³-hybridized carbons (Fsp3) is 1.00. The quantitative estimate of drug-likeness (QED) is 0.437. The number of nitrogens with one attached hydrogen (secondary N) is 1. The highest BCUT2D eigenvalue weighted by atomic mass is 79.9. The lowest BCUT2D eigenvalue weighted by Gasteiger charge is -2.05. The second-order valence-electron chi connectivity index (χ2n) is 3.82. The largest absolute Gasteiger partial charge is 0.380 e. The van der Waals surface area contributed by atoms with Gasteiger partial charge in [0.25, 0.3) is 0 Å². The first-order valence-electron chi connectivity index (χ1n) is 6.26. The molecule has 0 rings (SSSR count). The van der Waals surface area contributed by atoms with Crippen molar-refractivity contribution in [2.45, 2.75) is 45.4 Å². The van der Waals surface area contributed by atoms with Crippen molar-refractivity contribution < 1.29 is 4.74 Å². The molecule has 0 unspecified atom stereocenters. The third-order valence-electron chi connectivity index (χ3n) is 2.30. The van der Waals surface area contributed by atoms with E-state index < -0.39 is 0 Å². The molecule has 0 bridgehead atoms. The Balaban J connectivity index is 2.81. The van der Waals surface area contributed by atoms with Crippen molar-refractivity contribution in [1.29, 1.82) is 0 Å². The van der Waals surface area contributed by atoms with Gasteiger partial charge in [-0.05, 0) is 25.8 Å². The topological polar surface area (TPSA) is 21.3 Å². The lowest BCUT2D eigenvalue weighted by molar-refractivity contribution is 0.133. The van der Waals surface area contributed by atoms with Crippen LogP contribution in [-0.2, 0) is 4.74 Å². The Morgan fingerprint density at radius 3 is 2.47 bits per heavy atom. The second kappa shape index (κ2) is 14.4. The normalized spacial score (nSPS) is 10.8. The van der Waals surface area contributed by atoms with Crippen LogP contribution < -0.4 is 5.32 Å². The molecule has 0 aromatic carbocycles. The lowest BCUT2D eigenvalue weighted by atomic mass is 10.2. The molecular weight excluding hydrogens is 254 g/mol. The van der Waals surface area contributed by atoms with E-state index in [1.807, 2.05) is 0 Å². The van der Waals surface area contributed by atoms with E-state index in [1.165, 1.54) is 38.5 Å². The molecule has 0 spiro atoms. The van der Waals surface area contributed by atoms with E-state index in [-0.39, 0.29) is 0 Å². The minimum Gasteiger partial charge on any atom is -0.380 e. The average Bonchev–Trinajstić information content (AvgIpc) is 2.26. The van der Waals surface area contributed by atoms with Crippen LogP contribution in [0.25, 0.3) is 0 Å². The van der Waals surface area contributed by atoms with Gasteiger partial charge in [0.2, 0.25) is 0 Å². The Bertz CT molecular complexity index is 99.8. The van der Waals surface area contributed by atoms with E-state index in [2.05, 4.69) is 28.2 Å². The molecule has 3 heteroatoms. The molecule has 0 saturated carbocycles. The minimum atomic E-state index is 0.862. The molecule has 0 aliphatic heterocycles. The Hall–Kier alpha value is 0.400. The Kier molecular flexibility index (Phi) is 14.8. The Morgan fingerprint density at radius 2 is 1.73 bits per heavy atom. The highest BCUT2D eigenvalue weighted by Crippen LogP contribution is 2.00. The van der Waals surface area contributed by atoms with Gasteiger partial charge in [-0.2, -0.15) is 0 Å². The Morgan fingerprint density at radius 1 is 0.933 bits per heavy atom. The second-order valence-corrected chi connectivity index (χ2v) is 4.61. The molecule has 0 fully saturated rings. The van der Waals surface area contributed by atoms with Crippen LogP contribution >= 0.6 is 15.9 Å². The van der Waals surface area contributed by atoms with Gasteiger partial charge in [-0.15, -0.1) is 0 Å². The van der Waals surface area contributed by atoms with Crippen LogP contribution in [0.4, 0.5) is 0 Å². The molecule has 0 saturated heterocycles. The van der Waals surface area contributed by atoms with Gasteiger partial charge in [0.15, 0.2) is 0 Å². The van der Waals surface area contributed by atoms with Crippen LogP contribution in [0, 0.1) is 0 Å². The highest BCUT2D eigenvalue weighted by Gasteiger charge is 1.90. The standard InChI is InChI=1S/C12H26BrNO/c1-2-3-11-15-12-10-14-9-7-5-4-6-8-13/h14H,2-12H2,1H3. The zero-order valence-electron chi connectivity index (χ0n) is 10.1. The van der Waals surface area contributed by atoms with Crippen molar-refractivity contribution in [2.24, 2.45) is 0 Å². The van der Waals surface area contributed by atoms with Crippen LogP contribution in [0.2, 0.25) is 0 Å². The van der Waals surface area contributed by atoms with Gasteiger partial charge < -0.3 is 10.1 Å². The zero-order chi connectivity index (χ0) is 11.2. The van der Waals surface area contributed by atoms with Crippen LogP contribution in [-0.4, -0.2) is 31.6 Å². The molecule has 0 aromatic rings. The summed E-state index contributed by atoms with van der Waals surface area (Å²) in [4.78, 5) is 0. The van der Waals surface area contributed by atoms with Gasteiger partial charge >= 0.3 is 0 Å². The first-order valence-corrected chi connectivity index (χ1v) is 7.38. The maximum atomic E-state index is 5.45. The van der Waals surface area contributed by atoms with Gasteiger partial charge in [0.05, 0.1) is 6.61 Å². The van der Waals surface area contributed by atoms with Crippen LogP contribution in [0.3, 0.4) is 0 Å². The van der Waals surface area contributed by atoms with Crippen molar-refractivity contribution in [3.8, 4) is 0 Å². The predicted molar refractivity (Wildman–Crippen MR) is 70.9 cm³/mol. The van der Waals surface area contributed by atoms with Crippen molar-refractivity contribution >= 4 is 15.9 Å². The van der Waals surface area contributed by atoms with Gasteiger partial charge in [-0.1, -0.05) is 42.1 Å². The van der Waals surface area contributed by atoms with E-state index >= 15 is 0 Å². The molecule has 92 valence electrons. The summed E-state index contributed by atoms with van der Waals surface area (Å²) < 4.78 is 5.45. The molecule has 2 nitrogen and oxygen atoms in total. The molecular formula is C12H26BrNO. The molecule has 15 heavy (non-hydrogen) atoms. The molecule has 0 atom stereocenters. The summed E-state index contributed by atoms with van der Waals surface area (Å²) in [5.41, 5.74) is 0. The first kappa shape index (κ1) is 15.4. The Labute approximate surface area is 103 Å². The fourth-order valence-corrected chi connectivity index (χ4v) is 1.71. The average molecular weight is 280 g/mol. The molecule has 1 N–H and O–H groups in total. The maximum absolute atomic E-state index is 5.45. The fourth-order valence-electron chi connectivity index (χ4n) is 1.32. The SMILES string of the molecule is CCCCOCCNCCCCCCBr. The number of ether oxygens (including phenoxy) is 1. The third-order valence-corrected chi connectivity index (χ3v) is 2.86. The van der Waals surface area contributed by atoms with Crippen LogP contribution in [0.5, 0.6) is 0 Å². The lowest BCUT2D eigenvalue weighted by Crippen LogP contribution is -2.21. The number of unbranched alkanes of at least 4 members (excludes halogenated alkanes) is 4. The summed E-state index contributed by atoms with van der Waals surface area (Å²) in [5.74, 6) is 0. The molecule has 0 heterocycles. The van der Waals surface area contributed by atoms with Gasteiger partial charge in [0.1, 0.15) is 0 Å². The van der Waals surface area contributed by atoms with E-state index in [4.69, 9.17) is 4.74 Å². The number of hydrogen-bond donors (Lipinski definition) is 1. The van der Waals surface area contributed by atoms with E-state index in [0.717, 1.165) is 31.6 Å². The van der Waals surface area contributed by atoms with Gasteiger partial charge in [0, 0.05) is 18.5 Å². The van der Waals surface area contributed by atoms with Gasteiger partial charge in [-0.3, -0.25) is 0 Å². The molecule has 0 aromatic heterocycles. The molecule has 0 radical (unpaired) electrons. The summed E-state index contributed by atoms with van der Waals surface area (Å²) in [6.07, 6.45) is 7.70. The van der Waals surface area contributed by atoms with Crippen molar-refractivity contribution in [1.82, 2.24) is 5.32 Å². The monoisotopic (exact) mass is 279 g/mol. The van der Waals surface area contributed by atoms with Crippen LogP contribution in [0.15, 0.2) is 0 Å². The minimum absolute atomic E-state index is 0.862. The molecule has 0 aliphatic rings. The van der Waals surface area contributed by atoms with E-state index in [1.54, 1.807) is 0 Å². The summed E-state index contributed by atoms with van der Waals surface area (Å²) in [6.45, 7) is 6.11.